The van der Waals surface area contributed by atoms with Crippen LogP contribution < -0.4 is 4.74 Å². The maximum atomic E-state index is 5.82. The zero-order chi connectivity index (χ0) is 8.81. The van der Waals surface area contributed by atoms with Crippen LogP contribution in [0.5, 0.6) is 5.75 Å². The summed E-state index contributed by atoms with van der Waals surface area (Å²) in [5, 5.41) is 0.602. The lowest BCUT2D eigenvalue weighted by molar-refractivity contribution is 0.146. The van der Waals surface area contributed by atoms with E-state index in [1.54, 1.807) is 25.3 Å². The van der Waals surface area contributed by atoms with Crippen molar-refractivity contribution in [3.63, 3.8) is 0 Å². The molecule has 0 saturated heterocycles. The first-order chi connectivity index (χ1) is 5.84. The molecule has 2 nitrogen and oxygen atoms in total. The topological polar surface area (TPSA) is 18.5 Å². The van der Waals surface area contributed by atoms with Gasteiger partial charge in [-0.05, 0) is 18.2 Å². The highest BCUT2D eigenvalue weighted by molar-refractivity contribution is 6.32. The third-order valence-electron chi connectivity index (χ3n) is 1.32. The van der Waals surface area contributed by atoms with Crippen LogP contribution in [0.4, 0.5) is 0 Å². The molecule has 0 atom stereocenters. The third-order valence-corrected chi connectivity index (χ3v) is 1.63. The van der Waals surface area contributed by atoms with Crippen LogP contribution in [0.3, 0.4) is 0 Å². The van der Waals surface area contributed by atoms with E-state index in [4.69, 9.17) is 21.1 Å². The fourth-order valence-electron chi connectivity index (χ4n) is 0.742. The van der Waals surface area contributed by atoms with Crippen molar-refractivity contribution in [3.05, 3.63) is 29.3 Å². The van der Waals surface area contributed by atoms with Crippen molar-refractivity contribution in [1.82, 2.24) is 0 Å². The van der Waals surface area contributed by atoms with Crippen LogP contribution in [0.2, 0.25) is 5.02 Å². The molecule has 0 aliphatic carbocycles. The molecule has 0 saturated carbocycles. The summed E-state index contributed by atoms with van der Waals surface area (Å²) in [5.74, 6) is 0.649. The highest BCUT2D eigenvalue weighted by Gasteiger charge is 1.97. The smallest absolute Gasteiger partial charge is 0.138 e. The zero-order valence-electron chi connectivity index (χ0n) is 6.84. The molecule has 0 aliphatic heterocycles. The molecule has 0 spiro atoms. The van der Waals surface area contributed by atoms with Crippen LogP contribution in [-0.4, -0.2) is 20.3 Å². The van der Waals surface area contributed by atoms with E-state index in [0.29, 0.717) is 24.0 Å². The largest absolute Gasteiger partial charge is 0.490 e. The lowest BCUT2D eigenvalue weighted by Gasteiger charge is -2.05. The Balaban J connectivity index is 2.46. The Morgan fingerprint density at radius 3 is 3.00 bits per heavy atom. The number of methoxy groups -OCH3 is 1. The fourth-order valence-corrected chi connectivity index (χ4v) is 0.914. The van der Waals surface area contributed by atoms with E-state index in [0.717, 1.165) is 0 Å². The second kappa shape index (κ2) is 5.01. The molecule has 1 aromatic carbocycles. The summed E-state index contributed by atoms with van der Waals surface area (Å²) in [7, 11) is 1.63. The highest BCUT2D eigenvalue weighted by Crippen LogP contribution is 2.22. The molecule has 1 radical (unpaired) electrons. The Kier molecular flexibility index (Phi) is 3.91. The number of hydrogen-bond donors (Lipinski definition) is 0. The lowest BCUT2D eigenvalue weighted by atomic mass is 10.3. The molecule has 3 heteroatoms. The summed E-state index contributed by atoms with van der Waals surface area (Å²) in [6.07, 6.45) is 0. The van der Waals surface area contributed by atoms with Crippen molar-refractivity contribution in [2.24, 2.45) is 0 Å². The van der Waals surface area contributed by atoms with Gasteiger partial charge in [0.25, 0.3) is 0 Å². The van der Waals surface area contributed by atoms with Gasteiger partial charge in [0.15, 0.2) is 0 Å². The molecule has 1 aromatic rings. The van der Waals surface area contributed by atoms with Crippen LogP contribution in [0.25, 0.3) is 0 Å². The van der Waals surface area contributed by atoms with E-state index < -0.39 is 0 Å². The summed E-state index contributed by atoms with van der Waals surface area (Å²) in [6, 6.07) is 8.07. The molecule has 0 bridgehead atoms. The minimum absolute atomic E-state index is 0.508. The SMILES string of the molecule is COCCOc1c[c]ccc1Cl. The van der Waals surface area contributed by atoms with Gasteiger partial charge >= 0.3 is 0 Å². The van der Waals surface area contributed by atoms with Crippen molar-refractivity contribution in [1.29, 1.82) is 0 Å². The molecule has 65 valence electrons. The minimum Gasteiger partial charge on any atom is -0.490 e. The van der Waals surface area contributed by atoms with E-state index in [9.17, 15) is 0 Å². The Hall–Kier alpha value is -0.730. The van der Waals surface area contributed by atoms with E-state index in [2.05, 4.69) is 6.07 Å². The Morgan fingerprint density at radius 1 is 1.50 bits per heavy atom. The average molecular weight is 186 g/mol. The lowest BCUT2D eigenvalue weighted by Crippen LogP contribution is -2.04. The van der Waals surface area contributed by atoms with Gasteiger partial charge in [0.2, 0.25) is 0 Å². The van der Waals surface area contributed by atoms with Gasteiger partial charge in [-0.2, -0.15) is 0 Å². The van der Waals surface area contributed by atoms with Crippen LogP contribution in [0.1, 0.15) is 0 Å². The van der Waals surface area contributed by atoms with Crippen molar-refractivity contribution >= 4 is 11.6 Å². The summed E-state index contributed by atoms with van der Waals surface area (Å²) < 4.78 is 10.1. The fraction of sp³-hybridized carbons (Fsp3) is 0.333. The molecular formula is C9H10ClO2. The Morgan fingerprint density at radius 2 is 2.33 bits per heavy atom. The summed E-state index contributed by atoms with van der Waals surface area (Å²) in [4.78, 5) is 0. The summed E-state index contributed by atoms with van der Waals surface area (Å²) >= 11 is 5.82. The summed E-state index contributed by atoms with van der Waals surface area (Å²) in [5.41, 5.74) is 0. The number of hydrogen-bond acceptors (Lipinski definition) is 2. The van der Waals surface area contributed by atoms with E-state index in [1.807, 2.05) is 0 Å². The van der Waals surface area contributed by atoms with Crippen molar-refractivity contribution in [2.45, 2.75) is 0 Å². The molecule has 0 unspecified atom stereocenters. The number of ether oxygens (including phenoxy) is 2. The molecule has 12 heavy (non-hydrogen) atoms. The van der Waals surface area contributed by atoms with Gasteiger partial charge in [-0.15, -0.1) is 0 Å². The minimum atomic E-state index is 0.508. The van der Waals surface area contributed by atoms with Crippen LogP contribution in [-0.2, 0) is 4.74 Å². The van der Waals surface area contributed by atoms with E-state index in [-0.39, 0.29) is 0 Å². The van der Waals surface area contributed by atoms with Gasteiger partial charge in [0.05, 0.1) is 11.6 Å². The van der Waals surface area contributed by atoms with Crippen molar-refractivity contribution < 1.29 is 9.47 Å². The predicted octanol–water partition coefficient (Wildman–Crippen LogP) is 2.17. The van der Waals surface area contributed by atoms with Gasteiger partial charge < -0.3 is 9.47 Å². The molecule has 0 fully saturated rings. The second-order valence-corrected chi connectivity index (χ2v) is 2.60. The number of rotatable bonds is 4. The second-order valence-electron chi connectivity index (χ2n) is 2.20. The Labute approximate surface area is 77.1 Å². The highest BCUT2D eigenvalue weighted by atomic mass is 35.5. The van der Waals surface area contributed by atoms with Gasteiger partial charge in [0.1, 0.15) is 12.4 Å². The molecular weight excluding hydrogens is 176 g/mol. The molecule has 0 N–H and O–H groups in total. The first-order valence-corrected chi connectivity index (χ1v) is 3.99. The van der Waals surface area contributed by atoms with E-state index in [1.165, 1.54) is 0 Å². The van der Waals surface area contributed by atoms with Gasteiger partial charge in [-0.3, -0.25) is 0 Å². The molecule has 0 aromatic heterocycles. The predicted molar refractivity (Wildman–Crippen MR) is 47.7 cm³/mol. The zero-order valence-corrected chi connectivity index (χ0v) is 7.60. The van der Waals surface area contributed by atoms with E-state index >= 15 is 0 Å². The average Bonchev–Trinajstić information content (AvgIpc) is 2.09. The molecule has 0 aliphatic rings. The first-order valence-electron chi connectivity index (χ1n) is 3.62. The summed E-state index contributed by atoms with van der Waals surface area (Å²) in [6.45, 7) is 1.07. The van der Waals surface area contributed by atoms with Crippen molar-refractivity contribution in [2.75, 3.05) is 20.3 Å². The quantitative estimate of drug-likeness (QED) is 0.670. The normalized spacial score (nSPS) is 9.83. The maximum absolute atomic E-state index is 5.82. The van der Waals surface area contributed by atoms with Gasteiger partial charge in [0, 0.05) is 7.11 Å². The Bertz CT molecular complexity index is 238. The van der Waals surface area contributed by atoms with Crippen LogP contribution in [0.15, 0.2) is 18.2 Å². The van der Waals surface area contributed by atoms with Crippen molar-refractivity contribution in [3.8, 4) is 5.75 Å². The molecule has 1 rings (SSSR count). The van der Waals surface area contributed by atoms with Crippen LogP contribution in [0, 0.1) is 6.07 Å². The first kappa shape index (κ1) is 9.36. The van der Waals surface area contributed by atoms with Gasteiger partial charge in [-0.25, -0.2) is 0 Å². The standard InChI is InChI=1S/C9H10ClO2/c1-11-6-7-12-9-5-3-2-4-8(9)10/h2,4-5H,6-7H2,1H3. The number of benzene rings is 1. The van der Waals surface area contributed by atoms with Gasteiger partial charge in [-0.1, -0.05) is 17.7 Å². The molecule has 0 heterocycles. The maximum Gasteiger partial charge on any atom is 0.138 e. The molecule has 0 amide bonds. The monoisotopic (exact) mass is 185 g/mol. The third kappa shape index (κ3) is 2.72. The number of halogens is 1. The van der Waals surface area contributed by atoms with Crippen LogP contribution >= 0.6 is 11.6 Å².